The predicted molar refractivity (Wildman–Crippen MR) is 46.2 cm³/mol. The van der Waals surface area contributed by atoms with Crippen molar-refractivity contribution in [2.75, 3.05) is 7.11 Å². The summed E-state index contributed by atoms with van der Waals surface area (Å²) < 4.78 is 0. The molecule has 0 N–H and O–H groups in total. The molecule has 0 atom stereocenters. The van der Waals surface area contributed by atoms with Crippen molar-refractivity contribution in [2.24, 2.45) is 0 Å². The summed E-state index contributed by atoms with van der Waals surface area (Å²) in [6, 6.07) is 9.87. The van der Waals surface area contributed by atoms with Crippen LogP contribution in [0.3, 0.4) is 0 Å². The molecule has 58 valence electrons. The van der Waals surface area contributed by atoms with Gasteiger partial charge in [0.25, 0.3) is 0 Å². The fourth-order valence-corrected chi connectivity index (χ4v) is 0.701. The van der Waals surface area contributed by atoms with Gasteiger partial charge in [-0.2, -0.15) is 0 Å². The van der Waals surface area contributed by atoms with Crippen LogP contribution in [0.5, 0.6) is 0 Å². The molecule has 0 aromatic heterocycles. The molecule has 0 aliphatic rings. The van der Waals surface area contributed by atoms with Gasteiger partial charge in [0.1, 0.15) is 6.61 Å². The Morgan fingerprint density at radius 2 is 1.91 bits per heavy atom. The number of hydrogen-bond donors (Lipinski definition) is 0. The fraction of sp³-hybridized carbons (Fsp3) is 0.250. The van der Waals surface area contributed by atoms with Crippen LogP contribution in [-0.4, -0.2) is 44.8 Å². The van der Waals surface area contributed by atoms with Crippen molar-refractivity contribution in [1.82, 2.24) is 0 Å². The van der Waals surface area contributed by atoms with Crippen LogP contribution in [-0.2, 0) is 16.4 Å². The normalized spacial score (nSPS) is 8.82. The van der Waals surface area contributed by atoms with Crippen molar-refractivity contribution in [1.29, 1.82) is 0 Å². The third-order valence-electron chi connectivity index (χ3n) is 1.19. The zero-order valence-corrected chi connectivity index (χ0v) is 8.83. The maximum atomic E-state index is 4.72. The third-order valence-corrected chi connectivity index (χ3v) is 1.19. The summed E-state index contributed by atoms with van der Waals surface area (Å²) in [4.78, 5) is 9.17. The number of rotatable bonds is 3. The van der Waals surface area contributed by atoms with Gasteiger partial charge in [0.05, 0.1) is 7.11 Å². The molecular weight excluding hydrogens is 168 g/mol. The summed E-state index contributed by atoms with van der Waals surface area (Å²) >= 11 is 0. The first-order valence-electron chi connectivity index (χ1n) is 3.13. The van der Waals surface area contributed by atoms with Crippen molar-refractivity contribution in [2.45, 2.75) is 6.61 Å². The summed E-state index contributed by atoms with van der Waals surface area (Å²) in [7, 11) is 1.50. The largest absolute Gasteiger partial charge is 2.00 e. The van der Waals surface area contributed by atoms with E-state index in [9.17, 15) is 0 Å². The van der Waals surface area contributed by atoms with Crippen molar-refractivity contribution >= 4 is 37.7 Å². The smallest absolute Gasteiger partial charge is 1.00 e. The van der Waals surface area contributed by atoms with Gasteiger partial charge in [-0.1, -0.05) is 30.3 Å². The van der Waals surface area contributed by atoms with E-state index in [2.05, 4.69) is 4.89 Å². The summed E-state index contributed by atoms with van der Waals surface area (Å²) in [5.41, 5.74) is 1.12. The van der Waals surface area contributed by atoms with Gasteiger partial charge in [0.2, 0.25) is 0 Å². The van der Waals surface area contributed by atoms with Crippen molar-refractivity contribution < 1.29 is 12.6 Å². The van der Waals surface area contributed by atoms with E-state index in [4.69, 9.17) is 4.89 Å². The molecule has 3 heteroatoms. The Balaban J connectivity index is -0.000000333. The Morgan fingerprint density at radius 1 is 1.27 bits per heavy atom. The molecule has 0 unspecified atom stereocenters. The summed E-state index contributed by atoms with van der Waals surface area (Å²) in [6.07, 6.45) is 0. The van der Waals surface area contributed by atoms with E-state index in [0.29, 0.717) is 6.61 Å². The zero-order chi connectivity index (χ0) is 7.23. The van der Waals surface area contributed by atoms with E-state index in [-0.39, 0.29) is 40.6 Å². The van der Waals surface area contributed by atoms with E-state index >= 15 is 0 Å². The minimum absolute atomic E-state index is 0. The van der Waals surface area contributed by atoms with E-state index in [0.717, 1.165) is 5.56 Å². The molecule has 2 nitrogen and oxygen atoms in total. The molecule has 0 aliphatic carbocycles. The van der Waals surface area contributed by atoms with Crippen LogP contribution in [0.4, 0.5) is 0 Å². The fourth-order valence-electron chi connectivity index (χ4n) is 0.701. The molecular formula is C8H12CaO2. The van der Waals surface area contributed by atoms with Gasteiger partial charge in [0.15, 0.2) is 0 Å². The van der Waals surface area contributed by atoms with Crippen molar-refractivity contribution in [3.05, 3.63) is 35.9 Å². The second-order valence-electron chi connectivity index (χ2n) is 1.91. The molecule has 0 aliphatic heterocycles. The Labute approximate surface area is 99.4 Å². The van der Waals surface area contributed by atoms with Crippen LogP contribution in [0.25, 0.3) is 0 Å². The molecule has 0 fully saturated rings. The minimum atomic E-state index is 0. The molecule has 0 bridgehead atoms. The van der Waals surface area contributed by atoms with Gasteiger partial charge < -0.3 is 2.85 Å². The first kappa shape index (κ1) is 11.4. The number of hydrogen-bond acceptors (Lipinski definition) is 2. The zero-order valence-electron chi connectivity index (χ0n) is 8.62. The molecule has 0 amide bonds. The topological polar surface area (TPSA) is 18.5 Å². The SMILES string of the molecule is COOCc1ccccc1.[Ca+2].[H-].[H-]. The molecule has 1 aromatic carbocycles. The van der Waals surface area contributed by atoms with Crippen LogP contribution >= 0.6 is 0 Å². The first-order valence-corrected chi connectivity index (χ1v) is 3.13. The second-order valence-corrected chi connectivity index (χ2v) is 1.91. The predicted octanol–water partition coefficient (Wildman–Crippen LogP) is 1.61. The summed E-state index contributed by atoms with van der Waals surface area (Å²) in [6.45, 7) is 0.511. The van der Waals surface area contributed by atoms with Crippen LogP contribution in [0.2, 0.25) is 0 Å². The van der Waals surface area contributed by atoms with Crippen LogP contribution in [0.1, 0.15) is 8.42 Å². The van der Waals surface area contributed by atoms with Gasteiger partial charge in [-0.25, -0.2) is 9.78 Å². The maximum absolute atomic E-state index is 4.72. The Hall–Kier alpha value is 0.400. The Bertz CT molecular complexity index is 185. The van der Waals surface area contributed by atoms with Gasteiger partial charge in [0, 0.05) is 0 Å². The minimum Gasteiger partial charge on any atom is -1.00 e. The average molecular weight is 180 g/mol. The van der Waals surface area contributed by atoms with Crippen LogP contribution in [0.15, 0.2) is 30.3 Å². The summed E-state index contributed by atoms with van der Waals surface area (Å²) in [5.74, 6) is 0. The Morgan fingerprint density at radius 3 is 2.45 bits per heavy atom. The van der Waals surface area contributed by atoms with Gasteiger partial charge in [-0.15, -0.1) is 0 Å². The first-order chi connectivity index (χ1) is 4.93. The van der Waals surface area contributed by atoms with Crippen molar-refractivity contribution in [3.63, 3.8) is 0 Å². The molecule has 0 saturated heterocycles. The van der Waals surface area contributed by atoms with Crippen LogP contribution in [0, 0.1) is 0 Å². The summed E-state index contributed by atoms with van der Waals surface area (Å²) in [5, 5.41) is 0. The molecule has 0 radical (unpaired) electrons. The standard InChI is InChI=1S/C8H10O2.Ca.2H/c1-9-10-7-8-5-3-2-4-6-8;;;/h2-6H,7H2,1H3;;;/q;+2;2*-1. The van der Waals surface area contributed by atoms with E-state index in [1.807, 2.05) is 30.3 Å². The second kappa shape index (κ2) is 7.07. The van der Waals surface area contributed by atoms with Gasteiger partial charge >= 0.3 is 37.7 Å². The monoisotopic (exact) mass is 180 g/mol. The molecule has 0 saturated carbocycles. The van der Waals surface area contributed by atoms with E-state index in [1.165, 1.54) is 7.11 Å². The quantitative estimate of drug-likeness (QED) is 0.400. The van der Waals surface area contributed by atoms with Crippen LogP contribution < -0.4 is 0 Å². The average Bonchev–Trinajstić information content (AvgIpc) is 2.03. The molecule has 1 aromatic rings. The third kappa shape index (κ3) is 4.77. The van der Waals surface area contributed by atoms with Gasteiger partial charge in [-0.3, -0.25) is 0 Å². The molecule has 0 spiro atoms. The van der Waals surface area contributed by atoms with Gasteiger partial charge in [-0.05, 0) is 5.56 Å². The molecule has 1 rings (SSSR count). The van der Waals surface area contributed by atoms with Crippen molar-refractivity contribution in [3.8, 4) is 0 Å². The van der Waals surface area contributed by atoms with E-state index in [1.54, 1.807) is 0 Å². The van der Waals surface area contributed by atoms with E-state index < -0.39 is 0 Å². The Kier molecular flexibility index (Phi) is 7.33. The molecule has 0 heterocycles. The number of benzene rings is 1. The maximum Gasteiger partial charge on any atom is 2.00 e. The molecule has 11 heavy (non-hydrogen) atoms.